The van der Waals surface area contributed by atoms with E-state index in [4.69, 9.17) is 4.74 Å². The van der Waals surface area contributed by atoms with Crippen LogP contribution in [0, 0.1) is 12.7 Å². The predicted octanol–water partition coefficient (Wildman–Crippen LogP) is 2.62. The number of methoxy groups -OCH3 is 1. The van der Waals surface area contributed by atoms with Gasteiger partial charge in [-0.3, -0.25) is 0 Å². The number of hydrogen-bond acceptors (Lipinski definition) is 3. The number of aryl methyl sites for hydroxylation is 1. The molecule has 0 heterocycles. The van der Waals surface area contributed by atoms with E-state index >= 15 is 0 Å². The maximum atomic E-state index is 13.3. The van der Waals surface area contributed by atoms with Crippen molar-refractivity contribution >= 4 is 10.0 Å². The second-order valence-corrected chi connectivity index (χ2v) is 6.31. The smallest absolute Gasteiger partial charge is 0.241 e. The summed E-state index contributed by atoms with van der Waals surface area (Å²) < 4.78 is 45.0. The van der Waals surface area contributed by atoms with Crippen molar-refractivity contribution in [3.63, 3.8) is 0 Å². The highest BCUT2D eigenvalue weighted by Crippen LogP contribution is 2.21. The molecule has 0 saturated carbocycles. The first kappa shape index (κ1) is 15.5. The molecule has 0 aromatic heterocycles. The summed E-state index contributed by atoms with van der Waals surface area (Å²) in [4.78, 5) is -0.0330. The summed E-state index contributed by atoms with van der Waals surface area (Å²) in [7, 11) is -2.43. The van der Waals surface area contributed by atoms with Crippen LogP contribution in [0.3, 0.4) is 0 Å². The Kier molecular flexibility index (Phi) is 4.59. The number of halogens is 1. The topological polar surface area (TPSA) is 55.4 Å². The molecule has 0 radical (unpaired) electrons. The van der Waals surface area contributed by atoms with Gasteiger partial charge in [-0.1, -0.05) is 24.3 Å². The Balaban J connectivity index is 2.21. The van der Waals surface area contributed by atoms with E-state index in [0.29, 0.717) is 0 Å². The summed E-state index contributed by atoms with van der Waals surface area (Å²) in [6.45, 7) is 2.08. The van der Waals surface area contributed by atoms with Gasteiger partial charge in [-0.25, -0.2) is 17.5 Å². The van der Waals surface area contributed by atoms with E-state index in [0.717, 1.165) is 23.3 Å². The third-order valence-electron chi connectivity index (χ3n) is 3.15. The molecule has 6 heteroatoms. The van der Waals surface area contributed by atoms with Gasteiger partial charge in [0, 0.05) is 12.6 Å². The minimum absolute atomic E-state index is 0.0330. The van der Waals surface area contributed by atoms with Crippen LogP contribution < -0.4 is 9.46 Å². The van der Waals surface area contributed by atoms with E-state index in [1.807, 2.05) is 31.2 Å². The monoisotopic (exact) mass is 309 g/mol. The standard InChI is InChI=1S/C15H16FNO3S/c1-11-5-3-4-6-12(11)10-17-21(18,19)13-7-8-14(16)15(9-13)20-2/h3-9,17H,10H2,1-2H3. The molecule has 2 aromatic carbocycles. The Hall–Kier alpha value is -1.92. The summed E-state index contributed by atoms with van der Waals surface area (Å²) >= 11 is 0. The first-order chi connectivity index (χ1) is 9.94. The Morgan fingerprint density at radius 2 is 1.90 bits per heavy atom. The summed E-state index contributed by atoms with van der Waals surface area (Å²) in [5, 5.41) is 0. The molecule has 0 amide bonds. The zero-order valence-corrected chi connectivity index (χ0v) is 12.6. The van der Waals surface area contributed by atoms with Crippen LogP contribution in [0.2, 0.25) is 0 Å². The lowest BCUT2D eigenvalue weighted by Gasteiger charge is -2.10. The Morgan fingerprint density at radius 3 is 2.57 bits per heavy atom. The SMILES string of the molecule is COc1cc(S(=O)(=O)NCc2ccccc2C)ccc1F. The van der Waals surface area contributed by atoms with Gasteiger partial charge in [0.15, 0.2) is 11.6 Å². The molecule has 2 rings (SSSR count). The van der Waals surface area contributed by atoms with E-state index in [9.17, 15) is 12.8 Å². The Labute approximate surface area is 123 Å². The molecule has 0 aliphatic heterocycles. The molecule has 1 N–H and O–H groups in total. The quantitative estimate of drug-likeness (QED) is 0.923. The van der Waals surface area contributed by atoms with E-state index in [-0.39, 0.29) is 17.2 Å². The molecule has 0 fully saturated rings. The van der Waals surface area contributed by atoms with Gasteiger partial charge in [-0.15, -0.1) is 0 Å². The molecule has 0 aliphatic carbocycles. The Morgan fingerprint density at radius 1 is 1.19 bits per heavy atom. The highest BCUT2D eigenvalue weighted by atomic mass is 32.2. The summed E-state index contributed by atoms with van der Waals surface area (Å²) in [5.41, 5.74) is 1.88. The highest BCUT2D eigenvalue weighted by Gasteiger charge is 2.16. The molecular formula is C15H16FNO3S. The number of rotatable bonds is 5. The molecular weight excluding hydrogens is 293 g/mol. The van der Waals surface area contributed by atoms with Gasteiger partial charge in [0.1, 0.15) is 0 Å². The minimum atomic E-state index is -3.72. The van der Waals surface area contributed by atoms with Crippen LogP contribution in [0.1, 0.15) is 11.1 Å². The second kappa shape index (κ2) is 6.24. The van der Waals surface area contributed by atoms with Crippen LogP contribution in [-0.2, 0) is 16.6 Å². The minimum Gasteiger partial charge on any atom is -0.494 e. The van der Waals surface area contributed by atoms with E-state index in [1.165, 1.54) is 13.2 Å². The number of ether oxygens (including phenoxy) is 1. The average Bonchev–Trinajstić information content (AvgIpc) is 2.46. The third-order valence-corrected chi connectivity index (χ3v) is 4.55. The zero-order valence-electron chi connectivity index (χ0n) is 11.8. The lowest BCUT2D eigenvalue weighted by Crippen LogP contribution is -2.23. The molecule has 0 atom stereocenters. The van der Waals surface area contributed by atoms with E-state index < -0.39 is 15.8 Å². The zero-order chi connectivity index (χ0) is 15.5. The number of sulfonamides is 1. The van der Waals surface area contributed by atoms with Gasteiger partial charge in [0.05, 0.1) is 12.0 Å². The van der Waals surface area contributed by atoms with Crippen LogP contribution in [-0.4, -0.2) is 15.5 Å². The fourth-order valence-corrected chi connectivity index (χ4v) is 2.89. The summed E-state index contributed by atoms with van der Waals surface area (Å²) in [6.07, 6.45) is 0. The maximum Gasteiger partial charge on any atom is 0.241 e. The van der Waals surface area contributed by atoms with Crippen LogP contribution >= 0.6 is 0 Å². The largest absolute Gasteiger partial charge is 0.494 e. The molecule has 0 aliphatic rings. The third kappa shape index (κ3) is 3.59. The van der Waals surface area contributed by atoms with Crippen LogP contribution in [0.4, 0.5) is 4.39 Å². The van der Waals surface area contributed by atoms with Crippen molar-refractivity contribution in [3.8, 4) is 5.75 Å². The van der Waals surface area contributed by atoms with Crippen molar-refractivity contribution in [1.29, 1.82) is 0 Å². The molecule has 4 nitrogen and oxygen atoms in total. The molecule has 0 unspecified atom stereocenters. The summed E-state index contributed by atoms with van der Waals surface area (Å²) in [5.74, 6) is -0.705. The molecule has 0 spiro atoms. The van der Waals surface area contributed by atoms with Gasteiger partial charge in [-0.05, 0) is 30.2 Å². The normalized spacial score (nSPS) is 11.4. The summed E-state index contributed by atoms with van der Waals surface area (Å²) in [6, 6.07) is 10.9. The van der Waals surface area contributed by atoms with Gasteiger partial charge in [0.2, 0.25) is 10.0 Å². The fourth-order valence-electron chi connectivity index (χ4n) is 1.87. The molecule has 2 aromatic rings. The second-order valence-electron chi connectivity index (χ2n) is 4.55. The molecule has 21 heavy (non-hydrogen) atoms. The van der Waals surface area contributed by atoms with Crippen LogP contribution in [0.15, 0.2) is 47.4 Å². The molecule has 112 valence electrons. The first-order valence-electron chi connectivity index (χ1n) is 6.32. The highest BCUT2D eigenvalue weighted by molar-refractivity contribution is 7.89. The van der Waals surface area contributed by atoms with E-state index in [1.54, 1.807) is 0 Å². The first-order valence-corrected chi connectivity index (χ1v) is 7.80. The number of nitrogens with one attached hydrogen (secondary N) is 1. The van der Waals surface area contributed by atoms with Crippen molar-refractivity contribution in [2.45, 2.75) is 18.4 Å². The van der Waals surface area contributed by atoms with Gasteiger partial charge < -0.3 is 4.74 Å². The van der Waals surface area contributed by atoms with Crippen molar-refractivity contribution in [2.75, 3.05) is 7.11 Å². The van der Waals surface area contributed by atoms with Crippen LogP contribution in [0.25, 0.3) is 0 Å². The lowest BCUT2D eigenvalue weighted by atomic mass is 10.1. The van der Waals surface area contributed by atoms with Crippen molar-refractivity contribution in [3.05, 3.63) is 59.4 Å². The van der Waals surface area contributed by atoms with Gasteiger partial charge in [0.25, 0.3) is 0 Å². The van der Waals surface area contributed by atoms with Crippen LogP contribution in [0.5, 0.6) is 5.75 Å². The maximum absolute atomic E-state index is 13.3. The Bertz CT molecular complexity index is 744. The predicted molar refractivity (Wildman–Crippen MR) is 78.2 cm³/mol. The molecule has 0 bridgehead atoms. The average molecular weight is 309 g/mol. The molecule has 0 saturated heterocycles. The van der Waals surface area contributed by atoms with Crippen molar-refractivity contribution < 1.29 is 17.5 Å². The lowest BCUT2D eigenvalue weighted by molar-refractivity contribution is 0.385. The number of hydrogen-bond donors (Lipinski definition) is 1. The fraction of sp³-hybridized carbons (Fsp3) is 0.200. The van der Waals surface area contributed by atoms with Gasteiger partial charge >= 0.3 is 0 Å². The van der Waals surface area contributed by atoms with E-state index in [2.05, 4.69) is 4.72 Å². The van der Waals surface area contributed by atoms with Crippen molar-refractivity contribution in [2.24, 2.45) is 0 Å². The van der Waals surface area contributed by atoms with Gasteiger partial charge in [-0.2, -0.15) is 0 Å². The number of benzene rings is 2. The van der Waals surface area contributed by atoms with Crippen molar-refractivity contribution in [1.82, 2.24) is 4.72 Å².